The van der Waals surface area contributed by atoms with E-state index in [2.05, 4.69) is 4.74 Å². The predicted molar refractivity (Wildman–Crippen MR) is 85.6 cm³/mol. The quantitative estimate of drug-likeness (QED) is 0.201. The number of anilines is 2. The van der Waals surface area contributed by atoms with Crippen molar-refractivity contribution in [3.63, 3.8) is 0 Å². The van der Waals surface area contributed by atoms with Crippen LogP contribution < -0.4 is 16.2 Å². The minimum absolute atomic E-state index is 0.0834. The summed E-state index contributed by atoms with van der Waals surface area (Å²) in [5.41, 5.74) is 9.36. The molecule has 0 aromatic heterocycles. The number of aryl methyl sites for hydroxylation is 1. The summed E-state index contributed by atoms with van der Waals surface area (Å²) in [5, 5.41) is 0. The first kappa shape index (κ1) is 31.2. The first-order valence-corrected chi connectivity index (χ1v) is 8.35. The molecular formula is C16H9F17N2O. The lowest BCUT2D eigenvalue weighted by Crippen LogP contribution is -2.72. The van der Waals surface area contributed by atoms with Gasteiger partial charge in [0.2, 0.25) is 5.83 Å². The van der Waals surface area contributed by atoms with Crippen molar-refractivity contribution in [2.45, 2.75) is 48.6 Å². The van der Waals surface area contributed by atoms with E-state index in [0.29, 0.717) is 6.07 Å². The fourth-order valence-electron chi connectivity index (χ4n) is 2.18. The Morgan fingerprint density at radius 1 is 0.611 bits per heavy atom. The lowest BCUT2D eigenvalue weighted by atomic mass is 9.91. The van der Waals surface area contributed by atoms with Crippen LogP contribution in [0.15, 0.2) is 24.0 Å². The van der Waals surface area contributed by atoms with Crippen LogP contribution in [0.2, 0.25) is 0 Å². The molecular weight excluding hydrogens is 559 g/mol. The second-order valence-corrected chi connectivity index (χ2v) is 6.88. The molecule has 0 radical (unpaired) electrons. The summed E-state index contributed by atoms with van der Waals surface area (Å²) >= 11 is 0. The van der Waals surface area contributed by atoms with Gasteiger partial charge >= 0.3 is 47.7 Å². The lowest BCUT2D eigenvalue weighted by molar-refractivity contribution is -0.451. The highest BCUT2D eigenvalue weighted by Gasteiger charge is 2.93. The van der Waals surface area contributed by atoms with Crippen LogP contribution in [0.3, 0.4) is 0 Å². The van der Waals surface area contributed by atoms with E-state index in [-0.39, 0.29) is 5.56 Å². The molecule has 4 N–H and O–H groups in total. The van der Waals surface area contributed by atoms with Crippen molar-refractivity contribution in [2.24, 2.45) is 0 Å². The van der Waals surface area contributed by atoms with E-state index >= 15 is 0 Å². The van der Waals surface area contributed by atoms with Gasteiger partial charge in [0.25, 0.3) is 0 Å². The number of benzene rings is 1. The maximum absolute atomic E-state index is 13.7. The molecule has 0 saturated heterocycles. The zero-order valence-electron chi connectivity index (χ0n) is 16.6. The Bertz CT molecular complexity index is 1030. The molecule has 1 aromatic rings. The number of halogens is 17. The maximum atomic E-state index is 13.7. The van der Waals surface area contributed by atoms with Crippen LogP contribution in [0.1, 0.15) is 5.56 Å². The molecule has 0 fully saturated rings. The first-order chi connectivity index (χ1) is 15.6. The molecule has 0 aliphatic heterocycles. The molecule has 0 aliphatic rings. The highest BCUT2D eigenvalue weighted by molar-refractivity contribution is 5.64. The van der Waals surface area contributed by atoms with Crippen LogP contribution in [0.4, 0.5) is 86.0 Å². The van der Waals surface area contributed by atoms with Gasteiger partial charge in [0.1, 0.15) is 0 Å². The summed E-state index contributed by atoms with van der Waals surface area (Å²) < 4.78 is 227. The Morgan fingerprint density at radius 2 is 1.00 bits per heavy atom. The van der Waals surface area contributed by atoms with E-state index in [0.717, 1.165) is 6.07 Å². The number of hydrogen-bond acceptors (Lipinski definition) is 3. The Balaban J connectivity index is 3.64. The second-order valence-electron chi connectivity index (χ2n) is 6.88. The number of allylic oxidation sites excluding steroid dienone is 1. The standard InChI is InChI=1S/C16H9F17N2O/c1-4-2-6(35)7(3-5(4)34)36-9(18)8(17)10(19,20)11(21,22)12(23,24)13(25,26)14(27,28)15(29,30)16(31,32)33/h2-3H,34-35H2,1H3. The zero-order valence-corrected chi connectivity index (χ0v) is 16.6. The third kappa shape index (κ3) is 4.31. The van der Waals surface area contributed by atoms with Crippen molar-refractivity contribution in [3.05, 3.63) is 29.5 Å². The van der Waals surface area contributed by atoms with Crippen molar-refractivity contribution >= 4 is 11.4 Å². The predicted octanol–water partition coefficient (Wildman–Crippen LogP) is 7.02. The van der Waals surface area contributed by atoms with Gasteiger partial charge in [0.05, 0.1) is 5.69 Å². The Kier molecular flexibility index (Phi) is 7.48. The molecule has 1 aromatic carbocycles. The average molecular weight is 568 g/mol. The number of rotatable bonds is 8. The summed E-state index contributed by atoms with van der Waals surface area (Å²) in [5.74, 6) is -55.6. The Hall–Kier alpha value is -2.83. The van der Waals surface area contributed by atoms with Gasteiger partial charge < -0.3 is 16.2 Å². The molecule has 20 heteroatoms. The van der Waals surface area contributed by atoms with E-state index in [9.17, 15) is 74.6 Å². The summed E-state index contributed by atoms with van der Waals surface area (Å²) in [6.07, 6.45) is -7.80. The van der Waals surface area contributed by atoms with E-state index in [1.807, 2.05) is 0 Å². The summed E-state index contributed by atoms with van der Waals surface area (Å²) in [7, 11) is 0. The van der Waals surface area contributed by atoms with Gasteiger partial charge in [-0.2, -0.15) is 74.6 Å². The topological polar surface area (TPSA) is 61.3 Å². The molecule has 0 atom stereocenters. The van der Waals surface area contributed by atoms with E-state index < -0.39 is 70.7 Å². The van der Waals surface area contributed by atoms with Crippen LogP contribution in [0, 0.1) is 6.92 Å². The van der Waals surface area contributed by atoms with Gasteiger partial charge in [0.15, 0.2) is 5.75 Å². The van der Waals surface area contributed by atoms with Crippen LogP contribution >= 0.6 is 0 Å². The molecule has 208 valence electrons. The SMILES string of the molecule is Cc1cc(N)c(OC(F)=C(F)C(F)(F)C(F)(F)C(F)(F)C(F)(F)C(F)(F)C(F)(F)C(F)(F)F)cc1N. The maximum Gasteiger partial charge on any atom is 0.460 e. The number of hydrogen-bond donors (Lipinski definition) is 2. The van der Waals surface area contributed by atoms with E-state index in [1.54, 1.807) is 0 Å². The van der Waals surface area contributed by atoms with Crippen LogP contribution in [-0.4, -0.2) is 41.7 Å². The fraction of sp³-hybridized carbons (Fsp3) is 0.500. The molecule has 3 nitrogen and oxygen atoms in total. The highest BCUT2D eigenvalue weighted by atomic mass is 19.4. The molecule has 0 heterocycles. The lowest BCUT2D eigenvalue weighted by Gasteiger charge is -2.41. The molecule has 0 spiro atoms. The molecule has 0 saturated carbocycles. The number of nitrogen functional groups attached to an aromatic ring is 2. The van der Waals surface area contributed by atoms with Crippen LogP contribution in [0.25, 0.3) is 0 Å². The van der Waals surface area contributed by atoms with Crippen molar-refractivity contribution in [3.8, 4) is 5.75 Å². The fourth-order valence-corrected chi connectivity index (χ4v) is 2.18. The Morgan fingerprint density at radius 3 is 1.42 bits per heavy atom. The van der Waals surface area contributed by atoms with Crippen molar-refractivity contribution < 1.29 is 79.4 Å². The largest absolute Gasteiger partial charge is 0.460 e. The molecule has 0 amide bonds. The Labute approximate surface area is 187 Å². The monoisotopic (exact) mass is 568 g/mol. The van der Waals surface area contributed by atoms with Gasteiger partial charge in [0, 0.05) is 11.8 Å². The third-order valence-corrected chi connectivity index (χ3v) is 4.37. The van der Waals surface area contributed by atoms with Crippen molar-refractivity contribution in [1.82, 2.24) is 0 Å². The second kappa shape index (κ2) is 8.63. The minimum Gasteiger partial charge on any atom is -0.427 e. The van der Waals surface area contributed by atoms with Gasteiger partial charge in [-0.1, -0.05) is 0 Å². The van der Waals surface area contributed by atoms with Gasteiger partial charge in [-0.15, -0.1) is 0 Å². The van der Waals surface area contributed by atoms with Crippen LogP contribution in [-0.2, 0) is 0 Å². The number of alkyl halides is 15. The smallest absolute Gasteiger partial charge is 0.427 e. The summed E-state index contributed by atoms with van der Waals surface area (Å²) in [6, 6.07) is -2.38. The number of nitrogens with two attached hydrogens (primary N) is 2. The van der Waals surface area contributed by atoms with Gasteiger partial charge in [-0.25, -0.2) is 0 Å². The molecule has 0 aliphatic carbocycles. The molecule has 36 heavy (non-hydrogen) atoms. The molecule has 1 rings (SSSR count). The summed E-state index contributed by atoms with van der Waals surface area (Å²) in [4.78, 5) is 0. The molecule has 0 unspecified atom stereocenters. The van der Waals surface area contributed by atoms with Crippen molar-refractivity contribution in [1.29, 1.82) is 0 Å². The summed E-state index contributed by atoms with van der Waals surface area (Å²) in [6.45, 7) is 1.23. The van der Waals surface area contributed by atoms with E-state index in [4.69, 9.17) is 11.5 Å². The first-order valence-electron chi connectivity index (χ1n) is 8.35. The normalized spacial score (nSPS) is 15.6. The van der Waals surface area contributed by atoms with E-state index in [1.165, 1.54) is 6.92 Å². The highest BCUT2D eigenvalue weighted by Crippen LogP contribution is 2.63. The van der Waals surface area contributed by atoms with Gasteiger partial charge in [-0.3, -0.25) is 0 Å². The molecule has 0 bridgehead atoms. The zero-order chi connectivity index (χ0) is 29.1. The average Bonchev–Trinajstić information content (AvgIpc) is 2.69. The van der Waals surface area contributed by atoms with Crippen LogP contribution in [0.5, 0.6) is 5.75 Å². The minimum atomic E-state index is -8.65. The van der Waals surface area contributed by atoms with Crippen molar-refractivity contribution in [2.75, 3.05) is 11.5 Å². The van der Waals surface area contributed by atoms with Gasteiger partial charge in [-0.05, 0) is 18.6 Å². The third-order valence-electron chi connectivity index (χ3n) is 4.37. The number of ether oxygens (including phenoxy) is 1.